The summed E-state index contributed by atoms with van der Waals surface area (Å²) < 4.78 is 11.1. The van der Waals surface area contributed by atoms with E-state index < -0.39 is 47.2 Å². The molecule has 0 radical (unpaired) electrons. The van der Waals surface area contributed by atoms with Gasteiger partial charge in [-0.2, -0.15) is 0 Å². The average Bonchev–Trinajstić information content (AvgIpc) is 2.94. The highest BCUT2D eigenvalue weighted by molar-refractivity contribution is 5.93. The lowest BCUT2D eigenvalue weighted by Crippen LogP contribution is -2.52. The molecule has 2 aromatic rings. The van der Waals surface area contributed by atoms with Crippen molar-refractivity contribution in [2.75, 3.05) is 13.1 Å². The maximum absolute atomic E-state index is 14.4. The first-order valence-electron chi connectivity index (χ1n) is 16.4. The number of nitrogens with zero attached hydrogens (tertiary/aromatic N) is 1. The van der Waals surface area contributed by atoms with Crippen molar-refractivity contribution in [3.05, 3.63) is 70.8 Å². The average molecular weight is 638 g/mol. The van der Waals surface area contributed by atoms with Crippen LogP contribution in [-0.4, -0.2) is 59.1 Å². The number of hydrogen-bond donors (Lipinski definition) is 2. The minimum absolute atomic E-state index is 0.215. The van der Waals surface area contributed by atoms with Crippen molar-refractivity contribution in [1.29, 1.82) is 0 Å². The summed E-state index contributed by atoms with van der Waals surface area (Å²) in [6.07, 6.45) is 4.21. The molecule has 2 unspecified atom stereocenters. The van der Waals surface area contributed by atoms with Crippen molar-refractivity contribution in [2.24, 2.45) is 0 Å². The molecule has 0 aliphatic rings. The summed E-state index contributed by atoms with van der Waals surface area (Å²) in [6, 6.07) is 13.1. The summed E-state index contributed by atoms with van der Waals surface area (Å²) in [6.45, 7) is 16.5. The Balaban J connectivity index is 2.52. The second kappa shape index (κ2) is 17.7. The summed E-state index contributed by atoms with van der Waals surface area (Å²) in [7, 11) is 0. The molecule has 9 nitrogen and oxygen atoms in total. The van der Waals surface area contributed by atoms with Gasteiger partial charge in [0.1, 0.15) is 29.8 Å². The van der Waals surface area contributed by atoms with Gasteiger partial charge in [0.15, 0.2) is 0 Å². The lowest BCUT2D eigenvalue weighted by molar-refractivity contribution is -0.159. The molecular formula is C37H55N3O6. The monoisotopic (exact) mass is 637 g/mol. The number of alkyl carbamates (subject to hydrolysis) is 1. The van der Waals surface area contributed by atoms with Crippen LogP contribution in [-0.2, 0) is 30.3 Å². The molecule has 0 saturated heterocycles. The maximum Gasteiger partial charge on any atom is 0.408 e. The van der Waals surface area contributed by atoms with E-state index in [1.807, 2.05) is 62.4 Å². The minimum atomic E-state index is -1.06. The standard InChI is InChI=1S/C37H55N3O6/c1-10-11-12-13-17-22-40(31(41)25-38-35(44)46-37(7,8)9)32(29-21-20-26(2)23-27(29)3)33(42)39-30(34(43)45-36(4,5)6)24-28-18-15-14-16-19-28/h14-16,18-21,23,30,32H,10-13,17,22,24-25H2,1-9H3,(H,38,44)(H,39,42). The van der Waals surface area contributed by atoms with Crippen LogP contribution < -0.4 is 10.6 Å². The highest BCUT2D eigenvalue weighted by Crippen LogP contribution is 2.27. The van der Waals surface area contributed by atoms with Crippen molar-refractivity contribution in [3.8, 4) is 0 Å². The Hall–Kier alpha value is -3.88. The summed E-state index contributed by atoms with van der Waals surface area (Å²) in [5.41, 5.74) is 1.85. The Kier molecular flexibility index (Phi) is 14.8. The van der Waals surface area contributed by atoms with Crippen molar-refractivity contribution in [3.63, 3.8) is 0 Å². The normalized spacial score (nSPS) is 12.9. The molecule has 0 fully saturated rings. The first-order valence-corrected chi connectivity index (χ1v) is 16.4. The number of carbonyl (C=O) groups excluding carboxylic acids is 4. The fourth-order valence-corrected chi connectivity index (χ4v) is 5.10. The Morgan fingerprint density at radius 1 is 0.826 bits per heavy atom. The maximum atomic E-state index is 14.4. The lowest BCUT2D eigenvalue weighted by Gasteiger charge is -2.34. The Morgan fingerprint density at radius 3 is 2.04 bits per heavy atom. The van der Waals surface area contributed by atoms with Crippen LogP contribution in [0.15, 0.2) is 48.5 Å². The first-order chi connectivity index (χ1) is 21.5. The van der Waals surface area contributed by atoms with Gasteiger partial charge in [-0.15, -0.1) is 0 Å². The molecule has 0 heterocycles. The molecule has 0 aliphatic heterocycles. The van der Waals surface area contributed by atoms with Gasteiger partial charge < -0.3 is 25.0 Å². The number of esters is 1. The van der Waals surface area contributed by atoms with Crippen molar-refractivity contribution >= 4 is 23.9 Å². The number of nitrogens with one attached hydrogen (secondary N) is 2. The predicted molar refractivity (Wildman–Crippen MR) is 181 cm³/mol. The lowest BCUT2D eigenvalue weighted by atomic mass is 9.96. The topological polar surface area (TPSA) is 114 Å². The molecular weight excluding hydrogens is 582 g/mol. The number of ether oxygens (including phenoxy) is 2. The van der Waals surface area contributed by atoms with Crippen molar-refractivity contribution in [1.82, 2.24) is 15.5 Å². The quantitative estimate of drug-likeness (QED) is 0.165. The summed E-state index contributed by atoms with van der Waals surface area (Å²) in [5, 5.41) is 5.51. The van der Waals surface area contributed by atoms with Crippen molar-refractivity contribution < 1.29 is 28.7 Å². The molecule has 0 spiro atoms. The van der Waals surface area contributed by atoms with Gasteiger partial charge in [0, 0.05) is 13.0 Å². The third-order valence-electron chi connectivity index (χ3n) is 7.18. The number of unbranched alkanes of at least 4 members (excludes halogenated alkanes) is 4. The second-order valence-corrected chi connectivity index (χ2v) is 13.9. The van der Waals surface area contributed by atoms with E-state index in [1.54, 1.807) is 41.5 Å². The largest absolute Gasteiger partial charge is 0.458 e. The van der Waals surface area contributed by atoms with Gasteiger partial charge in [-0.05, 0) is 78.5 Å². The first kappa shape index (κ1) is 38.3. The van der Waals surface area contributed by atoms with Crippen LogP contribution in [0.3, 0.4) is 0 Å². The van der Waals surface area contributed by atoms with E-state index in [4.69, 9.17) is 9.47 Å². The Morgan fingerprint density at radius 2 is 1.46 bits per heavy atom. The number of rotatable bonds is 15. The van der Waals surface area contributed by atoms with Crippen LogP contribution in [0.4, 0.5) is 4.79 Å². The number of aryl methyl sites for hydroxylation is 2. The second-order valence-electron chi connectivity index (χ2n) is 13.9. The molecule has 46 heavy (non-hydrogen) atoms. The molecule has 2 rings (SSSR count). The van der Waals surface area contributed by atoms with Crippen LogP contribution in [0.5, 0.6) is 0 Å². The zero-order valence-corrected chi connectivity index (χ0v) is 29.3. The molecule has 2 N–H and O–H groups in total. The van der Waals surface area contributed by atoms with Gasteiger partial charge in [-0.3, -0.25) is 9.59 Å². The number of benzene rings is 2. The molecule has 254 valence electrons. The molecule has 0 bridgehead atoms. The fourth-order valence-electron chi connectivity index (χ4n) is 5.10. The smallest absolute Gasteiger partial charge is 0.408 e. The minimum Gasteiger partial charge on any atom is -0.458 e. The van der Waals surface area contributed by atoms with Gasteiger partial charge >= 0.3 is 12.1 Å². The third kappa shape index (κ3) is 13.6. The van der Waals surface area contributed by atoms with E-state index in [-0.39, 0.29) is 13.0 Å². The highest BCUT2D eigenvalue weighted by Gasteiger charge is 2.36. The molecule has 3 amide bonds. The van der Waals surface area contributed by atoms with E-state index in [9.17, 15) is 19.2 Å². The van der Waals surface area contributed by atoms with Gasteiger partial charge in [0.25, 0.3) is 0 Å². The number of amides is 3. The van der Waals surface area contributed by atoms with Gasteiger partial charge in [0.05, 0.1) is 0 Å². The molecule has 2 atom stereocenters. The molecule has 0 aromatic heterocycles. The highest BCUT2D eigenvalue weighted by atomic mass is 16.6. The molecule has 9 heteroatoms. The Bertz CT molecular complexity index is 1300. The van der Waals surface area contributed by atoms with E-state index >= 15 is 0 Å². The fraction of sp³-hybridized carbons (Fsp3) is 0.568. The van der Waals surface area contributed by atoms with E-state index in [1.165, 1.54) is 4.90 Å². The van der Waals surface area contributed by atoms with Gasteiger partial charge in [0.2, 0.25) is 11.8 Å². The van der Waals surface area contributed by atoms with Gasteiger partial charge in [-0.1, -0.05) is 86.7 Å². The third-order valence-corrected chi connectivity index (χ3v) is 7.18. The SMILES string of the molecule is CCCCCCCN(C(=O)CNC(=O)OC(C)(C)C)C(C(=O)NC(Cc1ccccc1)C(=O)OC(C)(C)C)c1ccc(C)cc1C. The summed E-state index contributed by atoms with van der Waals surface area (Å²) in [5.74, 6) is -1.50. The number of carbonyl (C=O) groups is 4. The van der Waals surface area contributed by atoms with Gasteiger partial charge in [-0.25, -0.2) is 9.59 Å². The summed E-state index contributed by atoms with van der Waals surface area (Å²) >= 11 is 0. The molecule has 0 aliphatic carbocycles. The van der Waals surface area contributed by atoms with E-state index in [0.29, 0.717) is 18.5 Å². The van der Waals surface area contributed by atoms with Crippen LogP contribution in [0.25, 0.3) is 0 Å². The number of hydrogen-bond acceptors (Lipinski definition) is 6. The summed E-state index contributed by atoms with van der Waals surface area (Å²) in [4.78, 5) is 55.8. The van der Waals surface area contributed by atoms with Crippen LogP contribution in [0, 0.1) is 13.8 Å². The Labute approximate surface area is 275 Å². The van der Waals surface area contributed by atoms with Crippen LogP contribution in [0.1, 0.15) is 109 Å². The van der Waals surface area contributed by atoms with Crippen molar-refractivity contribution in [2.45, 2.75) is 124 Å². The zero-order chi connectivity index (χ0) is 34.5. The molecule has 0 saturated carbocycles. The van der Waals surface area contributed by atoms with E-state index in [2.05, 4.69) is 17.6 Å². The van der Waals surface area contributed by atoms with Crippen LogP contribution >= 0.6 is 0 Å². The van der Waals surface area contributed by atoms with Crippen LogP contribution in [0.2, 0.25) is 0 Å². The zero-order valence-electron chi connectivity index (χ0n) is 29.3. The molecule has 2 aromatic carbocycles. The van der Waals surface area contributed by atoms with E-state index in [0.717, 1.165) is 42.4 Å². The predicted octanol–water partition coefficient (Wildman–Crippen LogP) is 6.74.